The number of hydrogen-bond donors (Lipinski definition) is 0. The van der Waals surface area contributed by atoms with Crippen LogP contribution in [-0.4, -0.2) is 57.1 Å². The van der Waals surface area contributed by atoms with Crippen LogP contribution in [0.15, 0.2) is 30.3 Å². The molecule has 1 fully saturated rings. The van der Waals surface area contributed by atoms with Gasteiger partial charge in [-0.05, 0) is 12.1 Å². The molecule has 1 aromatic carbocycles. The van der Waals surface area contributed by atoms with E-state index in [1.165, 1.54) is 0 Å². The second-order valence-corrected chi connectivity index (χ2v) is 12.5. The highest BCUT2D eigenvalue weighted by Crippen LogP contribution is 2.05. The predicted molar refractivity (Wildman–Crippen MR) is 81.1 cm³/mol. The second-order valence-electron chi connectivity index (χ2n) is 3.13. The standard InChI is InChI=1S/C7H8O.H10O5Si5/c1-8-7-5-3-2-4-6-7;1-6-2-8-4-10-5-9-3-7-1/h2-6H,1H3;6-10H2. The maximum absolute atomic E-state index is 5.17. The lowest BCUT2D eigenvalue weighted by molar-refractivity contribution is 0.347. The van der Waals surface area contributed by atoms with E-state index in [1.807, 2.05) is 30.3 Å². The molecule has 18 heavy (non-hydrogen) atoms. The number of hydrogen-bond acceptors (Lipinski definition) is 6. The van der Waals surface area contributed by atoms with Gasteiger partial charge in [-0.15, -0.1) is 0 Å². The van der Waals surface area contributed by atoms with Crippen molar-refractivity contribution in [1.29, 1.82) is 0 Å². The van der Waals surface area contributed by atoms with Gasteiger partial charge in [0.05, 0.1) is 7.11 Å². The molecule has 1 aliphatic heterocycles. The van der Waals surface area contributed by atoms with Crippen LogP contribution in [0.4, 0.5) is 0 Å². The fourth-order valence-electron chi connectivity index (χ4n) is 1.02. The second kappa shape index (κ2) is 12.0. The smallest absolute Gasteiger partial charge is 0.286 e. The summed E-state index contributed by atoms with van der Waals surface area (Å²) in [6, 6.07) is 9.68. The van der Waals surface area contributed by atoms with Crippen molar-refractivity contribution in [3.8, 4) is 5.75 Å². The number of methoxy groups -OCH3 is 1. The summed E-state index contributed by atoms with van der Waals surface area (Å²) in [5, 5.41) is 0. The molecule has 0 radical (unpaired) electrons. The summed E-state index contributed by atoms with van der Waals surface area (Å²) in [5.41, 5.74) is 0. The molecule has 0 spiro atoms. The van der Waals surface area contributed by atoms with Gasteiger partial charge in [0.15, 0.2) is 0 Å². The summed E-state index contributed by atoms with van der Waals surface area (Å²) >= 11 is 0. The van der Waals surface area contributed by atoms with Crippen molar-refractivity contribution in [2.45, 2.75) is 0 Å². The van der Waals surface area contributed by atoms with E-state index in [4.69, 9.17) is 25.3 Å². The zero-order valence-electron chi connectivity index (χ0n) is 10.4. The van der Waals surface area contributed by atoms with E-state index in [0.717, 1.165) is 5.75 Å². The van der Waals surface area contributed by atoms with E-state index in [0.29, 0.717) is 0 Å². The normalized spacial score (nSPS) is 23.8. The van der Waals surface area contributed by atoms with Crippen molar-refractivity contribution in [2.24, 2.45) is 0 Å². The molecular formula is C7H18O6Si5. The molecule has 0 unspecified atom stereocenters. The summed E-state index contributed by atoms with van der Waals surface area (Å²) in [4.78, 5) is 0. The van der Waals surface area contributed by atoms with Crippen molar-refractivity contribution < 1.29 is 25.3 Å². The average molecular weight is 339 g/mol. The Morgan fingerprint density at radius 1 is 0.722 bits per heavy atom. The molecule has 0 amide bonds. The molecule has 0 saturated carbocycles. The van der Waals surface area contributed by atoms with Crippen LogP contribution in [0, 0.1) is 0 Å². The first-order chi connectivity index (χ1) is 8.93. The van der Waals surface area contributed by atoms with Crippen LogP contribution in [0.25, 0.3) is 0 Å². The van der Waals surface area contributed by atoms with Crippen LogP contribution in [0.1, 0.15) is 0 Å². The molecule has 0 N–H and O–H groups in total. The highest BCUT2D eigenvalue weighted by atomic mass is 28.4. The van der Waals surface area contributed by atoms with Gasteiger partial charge < -0.3 is 25.3 Å². The van der Waals surface area contributed by atoms with Gasteiger partial charge in [0.25, 0.3) is 50.0 Å². The topological polar surface area (TPSA) is 55.4 Å². The molecule has 1 heterocycles. The Balaban J connectivity index is 0.000000184. The minimum atomic E-state index is -0.724. The van der Waals surface area contributed by atoms with Crippen molar-refractivity contribution in [3.63, 3.8) is 0 Å². The fourth-order valence-corrected chi connectivity index (χ4v) is 10.0. The Morgan fingerprint density at radius 2 is 1.11 bits per heavy atom. The third kappa shape index (κ3) is 8.92. The molecule has 0 atom stereocenters. The summed E-state index contributed by atoms with van der Waals surface area (Å²) in [5.74, 6) is 0.910. The minimum Gasteiger partial charge on any atom is -0.497 e. The first kappa shape index (κ1) is 16.0. The van der Waals surface area contributed by atoms with Gasteiger partial charge in [0, 0.05) is 0 Å². The molecular weight excluding hydrogens is 321 g/mol. The number of para-hydroxylation sites is 1. The van der Waals surface area contributed by atoms with Crippen LogP contribution in [0.5, 0.6) is 5.75 Å². The van der Waals surface area contributed by atoms with E-state index in [2.05, 4.69) is 0 Å². The summed E-state index contributed by atoms with van der Waals surface area (Å²) < 4.78 is 30.8. The van der Waals surface area contributed by atoms with Gasteiger partial charge in [-0.25, -0.2) is 0 Å². The fraction of sp³-hybridized carbons (Fsp3) is 0.143. The third-order valence-electron chi connectivity index (χ3n) is 1.81. The zero-order chi connectivity index (χ0) is 12.9. The molecule has 1 aliphatic rings. The van der Waals surface area contributed by atoms with Crippen LogP contribution >= 0.6 is 0 Å². The largest absolute Gasteiger partial charge is 0.497 e. The van der Waals surface area contributed by atoms with Crippen molar-refractivity contribution in [1.82, 2.24) is 0 Å². The highest BCUT2D eigenvalue weighted by Gasteiger charge is 1.97. The van der Waals surface area contributed by atoms with Crippen LogP contribution in [0.3, 0.4) is 0 Å². The molecule has 102 valence electrons. The lowest BCUT2D eigenvalue weighted by Crippen LogP contribution is -2.23. The SMILES string of the molecule is COc1ccccc1.O1[SiH2]O[SiH2]O[SiH2]O[SiH2]O[SiH2]1. The van der Waals surface area contributed by atoms with E-state index >= 15 is 0 Å². The molecule has 0 bridgehead atoms. The van der Waals surface area contributed by atoms with Crippen molar-refractivity contribution >= 4 is 50.0 Å². The third-order valence-corrected chi connectivity index (χ3v) is 8.48. The van der Waals surface area contributed by atoms with E-state index in [9.17, 15) is 0 Å². The molecule has 1 aromatic rings. The Bertz CT molecular complexity index is 258. The highest BCUT2D eigenvalue weighted by molar-refractivity contribution is 6.50. The Labute approximate surface area is 119 Å². The van der Waals surface area contributed by atoms with Gasteiger partial charge in [-0.3, -0.25) is 0 Å². The summed E-state index contributed by atoms with van der Waals surface area (Å²) in [6.07, 6.45) is 0. The van der Waals surface area contributed by atoms with Gasteiger partial charge in [-0.2, -0.15) is 0 Å². The monoisotopic (exact) mass is 338 g/mol. The van der Waals surface area contributed by atoms with E-state index < -0.39 is 50.0 Å². The summed E-state index contributed by atoms with van der Waals surface area (Å²) in [6.45, 7) is 0. The van der Waals surface area contributed by atoms with E-state index in [1.54, 1.807) is 7.11 Å². The molecule has 1 saturated heterocycles. The predicted octanol–water partition coefficient (Wildman–Crippen LogP) is -3.23. The lowest BCUT2D eigenvalue weighted by Gasteiger charge is -2.10. The maximum atomic E-state index is 5.17. The number of rotatable bonds is 1. The minimum absolute atomic E-state index is 0.724. The quantitative estimate of drug-likeness (QED) is 0.502. The van der Waals surface area contributed by atoms with Gasteiger partial charge in [-0.1, -0.05) is 18.2 Å². The maximum Gasteiger partial charge on any atom is 0.286 e. The number of benzene rings is 1. The van der Waals surface area contributed by atoms with Gasteiger partial charge in [0.1, 0.15) is 5.75 Å². The Hall–Kier alpha value is -0.0956. The van der Waals surface area contributed by atoms with Gasteiger partial charge >= 0.3 is 0 Å². The van der Waals surface area contributed by atoms with Crippen LogP contribution < -0.4 is 4.74 Å². The molecule has 6 nitrogen and oxygen atoms in total. The molecule has 11 heteroatoms. The van der Waals surface area contributed by atoms with Crippen molar-refractivity contribution in [2.75, 3.05) is 7.11 Å². The average Bonchev–Trinajstić information content (AvgIpc) is 2.47. The van der Waals surface area contributed by atoms with Gasteiger partial charge in [0.2, 0.25) is 0 Å². The summed E-state index contributed by atoms with van der Waals surface area (Å²) in [7, 11) is -1.96. The number of ether oxygens (including phenoxy) is 1. The molecule has 2 rings (SSSR count). The molecule has 0 aliphatic carbocycles. The Morgan fingerprint density at radius 3 is 1.39 bits per heavy atom. The zero-order valence-corrected chi connectivity index (χ0v) is 17.4. The Kier molecular flexibility index (Phi) is 10.6. The van der Waals surface area contributed by atoms with Crippen LogP contribution in [-0.2, 0) is 20.6 Å². The lowest BCUT2D eigenvalue weighted by atomic mass is 10.3. The first-order valence-electron chi connectivity index (χ1n) is 5.41. The van der Waals surface area contributed by atoms with Crippen LogP contribution in [0.2, 0.25) is 0 Å². The van der Waals surface area contributed by atoms with E-state index in [-0.39, 0.29) is 0 Å². The first-order valence-corrected chi connectivity index (χ1v) is 11.2. The molecule has 0 aromatic heterocycles. The van der Waals surface area contributed by atoms with Crippen molar-refractivity contribution in [3.05, 3.63) is 30.3 Å².